The Morgan fingerprint density at radius 1 is 0.772 bits per heavy atom. The van der Waals surface area contributed by atoms with Crippen molar-refractivity contribution in [1.29, 1.82) is 0 Å². The lowest BCUT2D eigenvalue weighted by molar-refractivity contribution is -0.143. The number of anilines is 3. The Kier molecular flexibility index (Phi) is 13.4. The number of rotatable bonds is 14. The molecule has 0 unspecified atom stereocenters. The van der Waals surface area contributed by atoms with Gasteiger partial charge in [-0.2, -0.15) is 4.31 Å². The molecule has 1 aliphatic heterocycles. The molecule has 13 heteroatoms. The van der Waals surface area contributed by atoms with E-state index < -0.39 is 33.7 Å². The molecule has 1 saturated carbocycles. The van der Waals surface area contributed by atoms with Crippen LogP contribution in [0.5, 0.6) is 0 Å². The van der Waals surface area contributed by atoms with Crippen molar-refractivity contribution in [2.75, 3.05) is 42.3 Å². The number of aryl methyl sites for hydroxylation is 2. The lowest BCUT2D eigenvalue weighted by Crippen LogP contribution is -2.42. The fraction of sp³-hybridized carbons (Fsp3) is 0.364. The number of esters is 1. The molecule has 0 spiro atoms. The highest BCUT2D eigenvalue weighted by Gasteiger charge is 2.35. The van der Waals surface area contributed by atoms with E-state index in [9.17, 15) is 32.7 Å². The fourth-order valence-electron chi connectivity index (χ4n) is 7.71. The Morgan fingerprint density at radius 3 is 2.04 bits per heavy atom. The number of amides is 2. The molecule has 2 fully saturated rings. The molecule has 6 rings (SSSR count). The van der Waals surface area contributed by atoms with Crippen LogP contribution in [0.25, 0.3) is 0 Å². The number of nitrogens with zero attached hydrogens (tertiary/aromatic N) is 2. The molecule has 12 nitrogen and oxygen atoms in total. The maximum atomic E-state index is 14.0. The van der Waals surface area contributed by atoms with Gasteiger partial charge in [0, 0.05) is 42.6 Å². The minimum Gasteiger partial charge on any atom is -0.481 e. The lowest BCUT2D eigenvalue weighted by Gasteiger charge is -2.34. The third-order valence-electron chi connectivity index (χ3n) is 11.0. The second-order valence-corrected chi connectivity index (χ2v) is 16.5. The van der Waals surface area contributed by atoms with Crippen LogP contribution in [0.15, 0.2) is 95.9 Å². The van der Waals surface area contributed by atoms with E-state index in [0.717, 1.165) is 62.0 Å². The second kappa shape index (κ2) is 18.6. The third kappa shape index (κ3) is 10.1. The van der Waals surface area contributed by atoms with Gasteiger partial charge < -0.3 is 25.4 Å². The van der Waals surface area contributed by atoms with Crippen molar-refractivity contribution in [3.8, 4) is 0 Å². The van der Waals surface area contributed by atoms with E-state index >= 15 is 0 Å². The van der Waals surface area contributed by atoms with Crippen molar-refractivity contribution in [3.05, 3.63) is 119 Å². The van der Waals surface area contributed by atoms with Crippen LogP contribution in [-0.4, -0.2) is 74.4 Å². The Hall–Kier alpha value is -5.53. The first-order chi connectivity index (χ1) is 27.5. The predicted molar refractivity (Wildman–Crippen MR) is 219 cm³/mol. The molecule has 0 bridgehead atoms. The van der Waals surface area contributed by atoms with Gasteiger partial charge in [-0.3, -0.25) is 14.4 Å². The smallest absolute Gasteiger partial charge is 0.337 e. The summed E-state index contributed by atoms with van der Waals surface area (Å²) in [6.45, 7) is 3.68. The van der Waals surface area contributed by atoms with Crippen LogP contribution in [0.4, 0.5) is 17.1 Å². The van der Waals surface area contributed by atoms with E-state index in [2.05, 4.69) is 15.5 Å². The number of methoxy groups -OCH3 is 1. The first kappa shape index (κ1) is 41.1. The number of aliphatic carboxylic acids is 1. The summed E-state index contributed by atoms with van der Waals surface area (Å²) < 4.78 is 34.0. The van der Waals surface area contributed by atoms with Gasteiger partial charge in [-0.25, -0.2) is 13.2 Å². The van der Waals surface area contributed by atoms with E-state index in [0.29, 0.717) is 36.9 Å². The molecule has 4 aromatic carbocycles. The molecule has 2 aliphatic rings. The summed E-state index contributed by atoms with van der Waals surface area (Å²) in [4.78, 5) is 53.1. The number of carbonyl (C=O) groups excluding carboxylic acids is 3. The zero-order chi connectivity index (χ0) is 40.5. The zero-order valence-corrected chi connectivity index (χ0v) is 33.2. The largest absolute Gasteiger partial charge is 0.481 e. The Labute approximate surface area is 334 Å². The van der Waals surface area contributed by atoms with Crippen LogP contribution in [0, 0.1) is 5.92 Å². The summed E-state index contributed by atoms with van der Waals surface area (Å²) in [5.74, 6) is -2.68. The van der Waals surface area contributed by atoms with Gasteiger partial charge >= 0.3 is 11.9 Å². The minimum atomic E-state index is -4.00. The molecular formula is C44H50N4O8S. The number of benzene rings is 4. The number of carboxylic acids is 1. The van der Waals surface area contributed by atoms with E-state index in [1.54, 1.807) is 31.2 Å². The van der Waals surface area contributed by atoms with Gasteiger partial charge in [0.25, 0.3) is 11.8 Å². The maximum Gasteiger partial charge on any atom is 0.337 e. The Balaban J connectivity index is 1.17. The first-order valence-electron chi connectivity index (χ1n) is 19.6. The van der Waals surface area contributed by atoms with Crippen LogP contribution >= 0.6 is 0 Å². The number of hydrogen-bond donors (Lipinski definition) is 3. The molecule has 2 amide bonds. The van der Waals surface area contributed by atoms with Crippen molar-refractivity contribution < 1.29 is 37.4 Å². The van der Waals surface area contributed by atoms with Crippen LogP contribution in [-0.2, 0) is 32.4 Å². The van der Waals surface area contributed by atoms with Crippen molar-refractivity contribution >= 4 is 50.8 Å². The lowest BCUT2D eigenvalue weighted by atomic mass is 9.86. The second-order valence-electron chi connectivity index (χ2n) is 14.7. The van der Waals surface area contributed by atoms with Crippen LogP contribution < -0.4 is 15.5 Å². The van der Waals surface area contributed by atoms with Crippen molar-refractivity contribution in [1.82, 2.24) is 4.31 Å². The molecule has 0 radical (unpaired) electrons. The number of carbonyl (C=O) groups is 4. The molecule has 1 saturated heterocycles. The van der Waals surface area contributed by atoms with Crippen molar-refractivity contribution in [2.45, 2.75) is 75.6 Å². The molecule has 300 valence electrons. The predicted octanol–water partition coefficient (Wildman–Crippen LogP) is 7.41. The summed E-state index contributed by atoms with van der Waals surface area (Å²) in [5, 5.41) is 15.3. The highest BCUT2D eigenvalue weighted by molar-refractivity contribution is 7.89. The van der Waals surface area contributed by atoms with E-state index in [-0.39, 0.29) is 40.3 Å². The summed E-state index contributed by atoms with van der Waals surface area (Å²) in [7, 11) is -2.64. The first-order valence-corrected chi connectivity index (χ1v) is 21.0. The molecule has 3 N–H and O–H groups in total. The normalized spacial score (nSPS) is 17.1. The molecular weight excluding hydrogens is 745 g/mol. The quantitative estimate of drug-likeness (QED) is 0.110. The van der Waals surface area contributed by atoms with Crippen molar-refractivity contribution in [3.63, 3.8) is 0 Å². The molecule has 1 aliphatic carbocycles. The Morgan fingerprint density at radius 2 is 1.42 bits per heavy atom. The van der Waals surface area contributed by atoms with Crippen LogP contribution in [0.2, 0.25) is 0 Å². The van der Waals surface area contributed by atoms with Gasteiger partial charge in [-0.05, 0) is 130 Å². The number of hydrogen-bond acceptors (Lipinski definition) is 8. The van der Waals surface area contributed by atoms with Gasteiger partial charge in [0.15, 0.2) is 0 Å². The Bertz CT molecular complexity index is 2180. The van der Waals surface area contributed by atoms with Gasteiger partial charge in [0.1, 0.15) is 0 Å². The molecule has 1 heterocycles. The highest BCUT2D eigenvalue weighted by Crippen LogP contribution is 2.32. The summed E-state index contributed by atoms with van der Waals surface area (Å²) in [6.07, 6.45) is 6.46. The molecule has 4 aromatic rings. The number of carboxylic acid groups (broad SMARTS) is 1. The van der Waals surface area contributed by atoms with E-state index in [1.165, 1.54) is 35.7 Å². The zero-order valence-electron chi connectivity index (χ0n) is 32.4. The SMILES string of the molecule is CCN(C1CCC(C(=O)O)CC1)S(=O)(=O)c1cccc(C(=O)Nc2ccc(N3CCCCC3)cc2C(=O)Nc2ccc(CCc3ccc(C(=O)OC)cc3)cc2)c1. The standard InChI is InChI=1S/C44H50N4O8S/c1-3-48(36-22-18-32(19-23-36)43(51)52)57(54,55)38-9-7-8-34(28-38)41(49)46-40-25-24-37(47-26-5-4-6-27-47)29-39(40)42(50)45-35-20-14-31(15-21-35)11-10-30-12-16-33(17-13-30)44(53)56-2/h7-9,12-17,20-21,24-25,28-29,32,36H,3-6,10-11,18-19,22-23,26-27H2,1-2H3,(H,45,50)(H,46,49)(H,51,52). The summed E-state index contributed by atoms with van der Waals surface area (Å²) >= 11 is 0. The third-order valence-corrected chi connectivity index (χ3v) is 13.0. The van der Waals surface area contributed by atoms with Gasteiger partial charge in [-0.1, -0.05) is 37.3 Å². The number of ether oxygens (including phenoxy) is 1. The maximum absolute atomic E-state index is 14.0. The number of sulfonamides is 1. The number of piperidine rings is 1. The highest BCUT2D eigenvalue weighted by atomic mass is 32.2. The van der Waals surface area contributed by atoms with E-state index in [4.69, 9.17) is 4.74 Å². The molecule has 57 heavy (non-hydrogen) atoms. The summed E-state index contributed by atoms with van der Waals surface area (Å²) in [5.41, 5.74) is 4.77. The monoisotopic (exact) mass is 794 g/mol. The van der Waals surface area contributed by atoms with Gasteiger partial charge in [0.2, 0.25) is 10.0 Å². The van der Waals surface area contributed by atoms with Crippen LogP contribution in [0.1, 0.15) is 94.1 Å². The average molecular weight is 795 g/mol. The molecule has 0 atom stereocenters. The van der Waals surface area contributed by atoms with Crippen LogP contribution in [0.3, 0.4) is 0 Å². The average Bonchev–Trinajstić information content (AvgIpc) is 3.24. The van der Waals surface area contributed by atoms with E-state index in [1.807, 2.05) is 42.5 Å². The van der Waals surface area contributed by atoms with Gasteiger partial charge in [0.05, 0.1) is 34.7 Å². The topological polar surface area (TPSA) is 162 Å². The number of nitrogens with one attached hydrogen (secondary N) is 2. The summed E-state index contributed by atoms with van der Waals surface area (Å²) in [6, 6.07) is 25.8. The minimum absolute atomic E-state index is 0.0318. The molecule has 0 aromatic heterocycles. The van der Waals surface area contributed by atoms with Crippen molar-refractivity contribution in [2.24, 2.45) is 5.92 Å². The fourth-order valence-corrected chi connectivity index (χ4v) is 9.45. The van der Waals surface area contributed by atoms with Gasteiger partial charge in [-0.15, -0.1) is 0 Å².